The van der Waals surface area contributed by atoms with Crippen LogP contribution < -0.4 is 4.74 Å². The van der Waals surface area contributed by atoms with E-state index in [-0.39, 0.29) is 0 Å². The molecule has 6 heteroatoms. The molecule has 0 amide bonds. The molecule has 0 N–H and O–H groups in total. The summed E-state index contributed by atoms with van der Waals surface area (Å²) in [6.45, 7) is 2.06. The number of thioether (sulfide) groups is 1. The first-order valence-corrected chi connectivity index (χ1v) is 8.82. The zero-order valence-corrected chi connectivity index (χ0v) is 15.2. The zero-order chi connectivity index (χ0) is 17.8. The molecule has 0 saturated heterocycles. The maximum Gasteiger partial charge on any atom is 0.191 e. The van der Waals surface area contributed by atoms with E-state index < -0.39 is 0 Å². The van der Waals surface area contributed by atoms with Crippen LogP contribution >= 0.6 is 11.8 Å². The normalized spacial score (nSPS) is 10.7. The molecule has 1 heterocycles. The lowest BCUT2D eigenvalue weighted by atomic mass is 10.1. The summed E-state index contributed by atoms with van der Waals surface area (Å²) in [7, 11) is 3.58. The lowest BCUT2D eigenvalue weighted by Gasteiger charge is -2.09. The highest BCUT2D eigenvalue weighted by Crippen LogP contribution is 2.29. The second-order valence-electron chi connectivity index (χ2n) is 5.71. The molecule has 0 aliphatic carbocycles. The van der Waals surface area contributed by atoms with Crippen LogP contribution in [-0.4, -0.2) is 28.2 Å². The van der Waals surface area contributed by atoms with Gasteiger partial charge in [0.25, 0.3) is 0 Å². The number of ether oxygens (including phenoxy) is 1. The highest BCUT2D eigenvalue weighted by molar-refractivity contribution is 7.98. The second-order valence-corrected chi connectivity index (χ2v) is 6.65. The fraction of sp³-hybridized carbons (Fsp3) is 0.211. The minimum Gasteiger partial charge on any atom is -0.496 e. The first-order valence-electron chi connectivity index (χ1n) is 7.83. The summed E-state index contributed by atoms with van der Waals surface area (Å²) in [6, 6.07) is 13.6. The van der Waals surface area contributed by atoms with Crippen LogP contribution in [0.5, 0.6) is 5.75 Å². The highest BCUT2D eigenvalue weighted by Gasteiger charge is 2.13. The molecule has 0 saturated carbocycles. The number of benzene rings is 2. The third-order valence-corrected chi connectivity index (χ3v) is 4.98. The second kappa shape index (κ2) is 7.53. The van der Waals surface area contributed by atoms with Crippen LogP contribution in [0.2, 0.25) is 0 Å². The maximum absolute atomic E-state index is 11.0. The Morgan fingerprint density at radius 3 is 2.76 bits per heavy atom. The Hall–Kier alpha value is -2.60. The molecule has 0 radical (unpaired) electrons. The smallest absolute Gasteiger partial charge is 0.191 e. The lowest BCUT2D eigenvalue weighted by molar-refractivity contribution is 0.112. The Morgan fingerprint density at radius 1 is 1.20 bits per heavy atom. The van der Waals surface area contributed by atoms with Crippen molar-refractivity contribution in [3.63, 3.8) is 0 Å². The average Bonchev–Trinajstić information content (AvgIpc) is 3.00. The number of hydrogen-bond donors (Lipinski definition) is 0. The Morgan fingerprint density at radius 2 is 2.04 bits per heavy atom. The van der Waals surface area contributed by atoms with Gasteiger partial charge in [0.15, 0.2) is 11.0 Å². The van der Waals surface area contributed by atoms with E-state index in [0.717, 1.165) is 34.1 Å². The van der Waals surface area contributed by atoms with Crippen LogP contribution in [0.3, 0.4) is 0 Å². The van der Waals surface area contributed by atoms with E-state index in [4.69, 9.17) is 4.74 Å². The fourth-order valence-electron chi connectivity index (χ4n) is 2.60. The average molecular weight is 353 g/mol. The molecule has 3 rings (SSSR count). The Labute approximate surface area is 151 Å². The number of rotatable bonds is 6. The van der Waals surface area contributed by atoms with Crippen LogP contribution in [0.15, 0.2) is 47.6 Å². The molecule has 0 unspecified atom stereocenters. The van der Waals surface area contributed by atoms with Crippen molar-refractivity contribution in [2.45, 2.75) is 17.8 Å². The Balaban J connectivity index is 1.82. The van der Waals surface area contributed by atoms with Gasteiger partial charge in [0.2, 0.25) is 0 Å². The molecule has 1 aromatic heterocycles. The first kappa shape index (κ1) is 17.2. The Kier molecular flexibility index (Phi) is 5.19. The summed E-state index contributed by atoms with van der Waals surface area (Å²) < 4.78 is 7.36. The van der Waals surface area contributed by atoms with Crippen molar-refractivity contribution in [3.8, 4) is 17.1 Å². The van der Waals surface area contributed by atoms with Gasteiger partial charge >= 0.3 is 0 Å². The van der Waals surface area contributed by atoms with E-state index in [2.05, 4.69) is 29.3 Å². The highest BCUT2D eigenvalue weighted by atomic mass is 32.2. The molecule has 3 aromatic rings. The van der Waals surface area contributed by atoms with Gasteiger partial charge in [-0.3, -0.25) is 4.79 Å². The largest absolute Gasteiger partial charge is 0.496 e. The number of methoxy groups -OCH3 is 1. The van der Waals surface area contributed by atoms with Crippen molar-refractivity contribution in [2.75, 3.05) is 7.11 Å². The van der Waals surface area contributed by atoms with Gasteiger partial charge in [-0.05, 0) is 31.2 Å². The SMILES string of the molecule is COc1ccc(C=O)cc1CSc1nnc(-c2cccc(C)c2)n1C. The van der Waals surface area contributed by atoms with Gasteiger partial charge in [-0.2, -0.15) is 0 Å². The number of hydrogen-bond acceptors (Lipinski definition) is 5. The van der Waals surface area contributed by atoms with E-state index in [1.807, 2.05) is 35.9 Å². The van der Waals surface area contributed by atoms with E-state index in [9.17, 15) is 4.79 Å². The number of nitrogens with zero attached hydrogens (tertiary/aromatic N) is 3. The van der Waals surface area contributed by atoms with Crippen molar-refractivity contribution in [1.29, 1.82) is 0 Å². The lowest BCUT2D eigenvalue weighted by Crippen LogP contribution is -1.96. The number of aryl methyl sites for hydroxylation is 1. The van der Waals surface area contributed by atoms with E-state index in [1.54, 1.807) is 24.9 Å². The third-order valence-electron chi connectivity index (χ3n) is 3.91. The van der Waals surface area contributed by atoms with E-state index >= 15 is 0 Å². The molecule has 0 aliphatic rings. The molecule has 5 nitrogen and oxygen atoms in total. The summed E-state index contributed by atoms with van der Waals surface area (Å²) in [5.74, 6) is 2.24. The zero-order valence-electron chi connectivity index (χ0n) is 14.4. The number of aromatic nitrogens is 3. The van der Waals surface area contributed by atoms with E-state index in [0.29, 0.717) is 11.3 Å². The molecule has 25 heavy (non-hydrogen) atoms. The van der Waals surface area contributed by atoms with Gasteiger partial charge in [-0.1, -0.05) is 35.5 Å². The minimum atomic E-state index is 0.634. The number of aldehydes is 1. The topological polar surface area (TPSA) is 57.0 Å². The quantitative estimate of drug-likeness (QED) is 0.497. The summed E-state index contributed by atoms with van der Waals surface area (Å²) in [4.78, 5) is 11.0. The molecule has 0 atom stereocenters. The molecule has 2 aromatic carbocycles. The van der Waals surface area contributed by atoms with Crippen molar-refractivity contribution >= 4 is 18.0 Å². The summed E-state index contributed by atoms with van der Waals surface area (Å²) in [6.07, 6.45) is 0.839. The van der Waals surface area contributed by atoms with Crippen LogP contribution in [0.4, 0.5) is 0 Å². The van der Waals surface area contributed by atoms with Crippen LogP contribution in [0.1, 0.15) is 21.5 Å². The summed E-state index contributed by atoms with van der Waals surface area (Å²) >= 11 is 1.56. The number of carbonyl (C=O) groups excluding carboxylic acids is 1. The molecule has 0 aliphatic heterocycles. The predicted molar refractivity (Wildman–Crippen MR) is 99.1 cm³/mol. The predicted octanol–water partition coefficient (Wildman–Crippen LogP) is 3.90. The molecule has 0 bridgehead atoms. The molecular formula is C19H19N3O2S. The van der Waals surface area contributed by atoms with Crippen molar-refractivity contribution < 1.29 is 9.53 Å². The van der Waals surface area contributed by atoms with Crippen LogP contribution in [0, 0.1) is 6.92 Å². The van der Waals surface area contributed by atoms with Gasteiger partial charge in [0.05, 0.1) is 7.11 Å². The molecule has 128 valence electrons. The standard InChI is InChI=1S/C19H19N3O2S/c1-13-5-4-6-15(9-13)18-20-21-19(22(18)2)25-12-16-10-14(11-23)7-8-17(16)24-3/h4-11H,12H2,1-3H3. The molecule has 0 spiro atoms. The van der Waals surface area contributed by atoms with E-state index in [1.165, 1.54) is 5.56 Å². The molecule has 0 fully saturated rings. The fourth-order valence-corrected chi connectivity index (χ4v) is 3.49. The van der Waals surface area contributed by atoms with Gasteiger partial charge in [-0.15, -0.1) is 10.2 Å². The molecular weight excluding hydrogens is 334 g/mol. The Bertz CT molecular complexity index is 905. The van der Waals surface area contributed by atoms with Crippen molar-refractivity contribution in [2.24, 2.45) is 7.05 Å². The van der Waals surface area contributed by atoms with Gasteiger partial charge < -0.3 is 9.30 Å². The summed E-state index contributed by atoms with van der Waals surface area (Å²) in [5, 5.41) is 9.44. The minimum absolute atomic E-state index is 0.634. The van der Waals surface area contributed by atoms with Crippen molar-refractivity contribution in [1.82, 2.24) is 14.8 Å². The van der Waals surface area contributed by atoms with Crippen molar-refractivity contribution in [3.05, 3.63) is 59.2 Å². The summed E-state index contributed by atoms with van der Waals surface area (Å²) in [5.41, 5.74) is 3.82. The van der Waals surface area contributed by atoms with Gasteiger partial charge in [-0.25, -0.2) is 0 Å². The van der Waals surface area contributed by atoms with Crippen LogP contribution in [-0.2, 0) is 12.8 Å². The number of carbonyl (C=O) groups is 1. The van der Waals surface area contributed by atoms with Gasteiger partial charge in [0, 0.05) is 29.5 Å². The monoisotopic (exact) mass is 353 g/mol. The maximum atomic E-state index is 11.0. The third kappa shape index (κ3) is 3.74. The van der Waals surface area contributed by atoms with Crippen LogP contribution in [0.25, 0.3) is 11.4 Å². The van der Waals surface area contributed by atoms with Gasteiger partial charge in [0.1, 0.15) is 12.0 Å². The first-order chi connectivity index (χ1) is 12.1.